The number of rotatable bonds is 2. The van der Waals surface area contributed by atoms with Crippen molar-refractivity contribution in [2.75, 3.05) is 6.61 Å². The number of ether oxygens (including phenoxy) is 1. The summed E-state index contributed by atoms with van der Waals surface area (Å²) in [6.45, 7) is 1.80. The van der Waals surface area contributed by atoms with Crippen molar-refractivity contribution < 1.29 is 18.7 Å². The molecule has 1 aromatic heterocycles. The molecule has 1 heterocycles. The molecule has 0 fully saturated rings. The van der Waals surface area contributed by atoms with Gasteiger partial charge < -0.3 is 9.15 Å². The minimum absolute atomic E-state index is 0.142. The minimum Gasteiger partial charge on any atom is -0.462 e. The fourth-order valence-corrected chi connectivity index (χ4v) is 3.11. The van der Waals surface area contributed by atoms with E-state index in [1.54, 1.807) is 49.4 Å². The Bertz CT molecular complexity index is 1070. The summed E-state index contributed by atoms with van der Waals surface area (Å²) < 4.78 is 10.4. The average molecular weight is 320 g/mol. The zero-order valence-corrected chi connectivity index (χ0v) is 12.8. The molecule has 118 valence electrons. The van der Waals surface area contributed by atoms with Crippen molar-refractivity contribution in [2.24, 2.45) is 0 Å². The molecule has 2 aromatic carbocycles. The SMILES string of the molecule is CCOC(=O)c1c(=O)oc2c3c(cccc13)C(=O)c1ccccc1-2. The lowest BCUT2D eigenvalue weighted by Gasteiger charge is -2.18. The number of hydrogen-bond donors (Lipinski definition) is 0. The van der Waals surface area contributed by atoms with E-state index in [0.29, 0.717) is 33.2 Å². The van der Waals surface area contributed by atoms with E-state index < -0.39 is 11.6 Å². The quantitative estimate of drug-likeness (QED) is 0.530. The van der Waals surface area contributed by atoms with E-state index in [4.69, 9.17) is 9.15 Å². The summed E-state index contributed by atoms with van der Waals surface area (Å²) in [6.07, 6.45) is 0. The zero-order chi connectivity index (χ0) is 16.8. The predicted octanol–water partition coefficient (Wildman–Crippen LogP) is 3.18. The smallest absolute Gasteiger partial charge is 0.351 e. The lowest BCUT2D eigenvalue weighted by Crippen LogP contribution is -2.20. The Labute approximate surface area is 136 Å². The van der Waals surface area contributed by atoms with Crippen LogP contribution in [0.25, 0.3) is 22.1 Å². The number of esters is 1. The van der Waals surface area contributed by atoms with Crippen LogP contribution in [0, 0.1) is 0 Å². The minimum atomic E-state index is -0.766. The monoisotopic (exact) mass is 320 g/mol. The second kappa shape index (κ2) is 5.16. The van der Waals surface area contributed by atoms with E-state index in [9.17, 15) is 14.4 Å². The van der Waals surface area contributed by atoms with Gasteiger partial charge in [-0.25, -0.2) is 9.59 Å². The first-order chi connectivity index (χ1) is 11.6. The van der Waals surface area contributed by atoms with Gasteiger partial charge in [-0.05, 0) is 6.92 Å². The molecule has 0 unspecified atom stereocenters. The number of benzene rings is 2. The largest absolute Gasteiger partial charge is 0.462 e. The highest BCUT2D eigenvalue weighted by Crippen LogP contribution is 2.39. The summed E-state index contributed by atoms with van der Waals surface area (Å²) in [5.41, 5.74) is 0.501. The van der Waals surface area contributed by atoms with Crippen LogP contribution in [0.1, 0.15) is 33.2 Å². The van der Waals surface area contributed by atoms with Gasteiger partial charge >= 0.3 is 11.6 Å². The molecule has 24 heavy (non-hydrogen) atoms. The van der Waals surface area contributed by atoms with Gasteiger partial charge in [-0.2, -0.15) is 0 Å². The second-order valence-corrected chi connectivity index (χ2v) is 5.42. The van der Waals surface area contributed by atoms with Crippen LogP contribution in [-0.2, 0) is 4.74 Å². The van der Waals surface area contributed by atoms with Gasteiger partial charge in [0, 0.05) is 27.5 Å². The zero-order valence-electron chi connectivity index (χ0n) is 12.8. The Morgan fingerprint density at radius 3 is 2.46 bits per heavy atom. The van der Waals surface area contributed by atoms with E-state index in [-0.39, 0.29) is 18.0 Å². The molecule has 5 heteroatoms. The van der Waals surface area contributed by atoms with Crippen LogP contribution in [0.2, 0.25) is 0 Å². The highest BCUT2D eigenvalue weighted by Gasteiger charge is 2.30. The van der Waals surface area contributed by atoms with Crippen molar-refractivity contribution in [3.8, 4) is 11.3 Å². The van der Waals surface area contributed by atoms with Gasteiger partial charge in [0.1, 0.15) is 5.76 Å². The first kappa shape index (κ1) is 14.4. The van der Waals surface area contributed by atoms with Crippen LogP contribution >= 0.6 is 0 Å². The summed E-state index contributed by atoms with van der Waals surface area (Å²) >= 11 is 0. The molecule has 0 N–H and O–H groups in total. The van der Waals surface area contributed by atoms with Crippen molar-refractivity contribution in [3.63, 3.8) is 0 Å². The van der Waals surface area contributed by atoms with Gasteiger partial charge in [-0.3, -0.25) is 4.79 Å². The maximum atomic E-state index is 12.8. The number of carbonyl (C=O) groups is 2. The number of hydrogen-bond acceptors (Lipinski definition) is 5. The summed E-state index contributed by atoms with van der Waals surface area (Å²) in [7, 11) is 0. The molecule has 0 saturated carbocycles. The van der Waals surface area contributed by atoms with Crippen molar-refractivity contribution in [1.82, 2.24) is 0 Å². The predicted molar refractivity (Wildman–Crippen MR) is 87.3 cm³/mol. The van der Waals surface area contributed by atoms with Crippen LogP contribution in [0.3, 0.4) is 0 Å². The Morgan fingerprint density at radius 1 is 1.00 bits per heavy atom. The first-order valence-electron chi connectivity index (χ1n) is 7.54. The standard InChI is InChI=1S/C19H12O5/c1-2-23-18(21)15-12-8-5-9-13-14(12)17(24-19(15)22)11-7-4-3-6-10(11)16(13)20/h3-9H,2H2,1H3. The topological polar surface area (TPSA) is 73.6 Å². The molecule has 0 bridgehead atoms. The van der Waals surface area contributed by atoms with Gasteiger partial charge in [0.05, 0.1) is 6.61 Å². The van der Waals surface area contributed by atoms with Gasteiger partial charge in [-0.15, -0.1) is 0 Å². The maximum absolute atomic E-state index is 12.8. The number of fused-ring (bicyclic) bond motifs is 2. The van der Waals surface area contributed by atoms with Gasteiger partial charge in [0.2, 0.25) is 0 Å². The van der Waals surface area contributed by atoms with Crippen LogP contribution in [0.5, 0.6) is 0 Å². The number of ketones is 1. The molecular weight excluding hydrogens is 308 g/mol. The maximum Gasteiger partial charge on any atom is 0.351 e. The molecule has 0 spiro atoms. The van der Waals surface area contributed by atoms with E-state index >= 15 is 0 Å². The molecule has 5 nitrogen and oxygen atoms in total. The molecule has 1 aliphatic carbocycles. The molecule has 0 aliphatic heterocycles. The summed E-state index contributed by atoms with van der Waals surface area (Å²) in [5.74, 6) is -0.595. The van der Waals surface area contributed by atoms with Crippen LogP contribution in [0.15, 0.2) is 51.7 Å². The highest BCUT2D eigenvalue weighted by molar-refractivity contribution is 6.26. The molecule has 0 atom stereocenters. The van der Waals surface area contributed by atoms with Crippen molar-refractivity contribution in [2.45, 2.75) is 6.92 Å². The Kier molecular flexibility index (Phi) is 3.09. The Hall–Kier alpha value is -3.21. The highest BCUT2D eigenvalue weighted by atomic mass is 16.5. The molecular formula is C19H12O5. The third-order valence-corrected chi connectivity index (χ3v) is 4.10. The fourth-order valence-electron chi connectivity index (χ4n) is 3.11. The van der Waals surface area contributed by atoms with Crippen LogP contribution in [0.4, 0.5) is 0 Å². The van der Waals surface area contributed by atoms with Gasteiger partial charge in [-0.1, -0.05) is 42.5 Å². The first-order valence-corrected chi connectivity index (χ1v) is 7.54. The lowest BCUT2D eigenvalue weighted by atomic mass is 9.86. The van der Waals surface area contributed by atoms with Crippen LogP contribution < -0.4 is 5.63 Å². The molecule has 0 radical (unpaired) electrons. The van der Waals surface area contributed by atoms with Crippen LogP contribution in [-0.4, -0.2) is 18.4 Å². The summed E-state index contributed by atoms with van der Waals surface area (Å²) in [4.78, 5) is 37.3. The molecule has 1 aliphatic rings. The summed E-state index contributed by atoms with van der Waals surface area (Å²) in [6, 6.07) is 11.9. The second-order valence-electron chi connectivity index (χ2n) is 5.42. The third kappa shape index (κ3) is 1.84. The van der Waals surface area contributed by atoms with Crippen molar-refractivity contribution >= 4 is 22.5 Å². The van der Waals surface area contributed by atoms with E-state index in [0.717, 1.165) is 0 Å². The number of carbonyl (C=O) groups excluding carboxylic acids is 2. The van der Waals surface area contributed by atoms with Gasteiger partial charge in [0.25, 0.3) is 0 Å². The van der Waals surface area contributed by atoms with Crippen molar-refractivity contribution in [1.29, 1.82) is 0 Å². The average Bonchev–Trinajstić information content (AvgIpc) is 2.59. The Morgan fingerprint density at radius 2 is 1.71 bits per heavy atom. The molecule has 3 aromatic rings. The molecule has 0 amide bonds. The molecule has 4 rings (SSSR count). The Balaban J connectivity index is 2.17. The third-order valence-electron chi connectivity index (χ3n) is 4.10. The van der Waals surface area contributed by atoms with E-state index in [2.05, 4.69) is 0 Å². The normalized spacial score (nSPS) is 12.1. The lowest BCUT2D eigenvalue weighted by molar-refractivity contribution is 0.0523. The van der Waals surface area contributed by atoms with Crippen molar-refractivity contribution in [3.05, 3.63) is 69.6 Å². The van der Waals surface area contributed by atoms with E-state index in [1.165, 1.54) is 0 Å². The molecule has 0 saturated heterocycles. The summed E-state index contributed by atoms with van der Waals surface area (Å²) in [5, 5.41) is 0.851. The van der Waals surface area contributed by atoms with E-state index in [1.807, 2.05) is 0 Å². The fraction of sp³-hybridized carbons (Fsp3) is 0.105. The van der Waals surface area contributed by atoms with Gasteiger partial charge in [0.15, 0.2) is 11.3 Å².